The molecule has 1 aliphatic rings. The Labute approximate surface area is 168 Å². The maximum Gasteiger partial charge on any atom is 0.251 e. The summed E-state index contributed by atoms with van der Waals surface area (Å²) in [5.41, 5.74) is 6.86. The minimum Gasteiger partial charge on any atom is -0.457 e. The summed E-state index contributed by atoms with van der Waals surface area (Å²) in [4.78, 5) is 8.56. The van der Waals surface area contributed by atoms with Crippen LogP contribution in [0.25, 0.3) is 11.0 Å². The molecule has 2 aromatic carbocycles. The number of hydrogen-bond acceptors (Lipinski definition) is 6. The average molecular weight is 387 g/mol. The second-order valence-corrected chi connectivity index (χ2v) is 7.14. The van der Waals surface area contributed by atoms with Crippen molar-refractivity contribution < 1.29 is 9.47 Å². The number of ether oxygens (including phenoxy) is 2. The van der Waals surface area contributed by atoms with Crippen LogP contribution in [0.3, 0.4) is 0 Å². The fourth-order valence-electron chi connectivity index (χ4n) is 3.78. The first-order valence-electron chi connectivity index (χ1n) is 9.77. The van der Waals surface area contributed by atoms with E-state index in [1.165, 1.54) is 19.2 Å². The molecule has 1 aliphatic carbocycles. The topological polar surface area (TPSA) is 88.1 Å². The molecule has 0 radical (unpaired) electrons. The molecule has 4 aromatic rings. The molecule has 7 heteroatoms. The third-order valence-corrected chi connectivity index (χ3v) is 5.16. The fraction of sp³-hybridized carbons (Fsp3) is 0.227. The lowest BCUT2D eigenvalue weighted by atomic mass is 10.2. The molecule has 2 aromatic heterocycles. The first kappa shape index (κ1) is 17.5. The molecule has 0 bridgehead atoms. The van der Waals surface area contributed by atoms with Crippen molar-refractivity contribution in [1.82, 2.24) is 19.7 Å². The van der Waals surface area contributed by atoms with Crippen LogP contribution in [0, 0.1) is 0 Å². The van der Waals surface area contributed by atoms with Gasteiger partial charge >= 0.3 is 0 Å². The Morgan fingerprint density at radius 3 is 2.38 bits per heavy atom. The highest BCUT2D eigenvalue weighted by atomic mass is 16.5. The molecule has 0 saturated heterocycles. The number of nitrogens with zero attached hydrogens (tertiary/aromatic N) is 4. The smallest absolute Gasteiger partial charge is 0.251 e. The summed E-state index contributed by atoms with van der Waals surface area (Å²) in [5.74, 6) is 2.84. The predicted octanol–water partition coefficient (Wildman–Crippen LogP) is 5.11. The highest BCUT2D eigenvalue weighted by Gasteiger charge is 2.25. The lowest BCUT2D eigenvalue weighted by Gasteiger charge is -2.10. The Hall–Kier alpha value is -3.61. The average Bonchev–Trinajstić information content (AvgIpc) is 3.38. The lowest BCUT2D eigenvalue weighted by molar-refractivity contribution is 0.419. The van der Waals surface area contributed by atoms with Crippen molar-refractivity contribution >= 4 is 16.9 Å². The number of aromatic nitrogens is 4. The summed E-state index contributed by atoms with van der Waals surface area (Å²) in [7, 11) is 0. The van der Waals surface area contributed by atoms with Crippen LogP contribution in [0.2, 0.25) is 0 Å². The van der Waals surface area contributed by atoms with E-state index in [1.54, 1.807) is 0 Å². The predicted molar refractivity (Wildman–Crippen MR) is 110 cm³/mol. The zero-order valence-corrected chi connectivity index (χ0v) is 15.9. The standard InChI is InChI=1S/C22H21N5O2/c23-20-19-21(25-14-24-20)27(15-7-4-5-8-15)26-22(19)29-18-12-6-11-17(13-18)28-16-9-2-1-3-10-16/h1-3,6,9-15H,4-5,7-8H2,(H2,23,24,25). The van der Waals surface area contributed by atoms with Gasteiger partial charge < -0.3 is 15.2 Å². The van der Waals surface area contributed by atoms with Crippen LogP contribution in [0.5, 0.6) is 23.1 Å². The molecule has 0 unspecified atom stereocenters. The highest BCUT2D eigenvalue weighted by Crippen LogP contribution is 2.37. The van der Waals surface area contributed by atoms with Gasteiger partial charge in [0.2, 0.25) is 0 Å². The maximum absolute atomic E-state index is 6.15. The molecule has 0 atom stereocenters. The number of anilines is 1. The van der Waals surface area contributed by atoms with Gasteiger partial charge in [-0.2, -0.15) is 0 Å². The van der Waals surface area contributed by atoms with Gasteiger partial charge in [0, 0.05) is 6.07 Å². The molecular formula is C22H21N5O2. The fourth-order valence-corrected chi connectivity index (χ4v) is 3.78. The van der Waals surface area contributed by atoms with E-state index in [0.717, 1.165) is 24.2 Å². The van der Waals surface area contributed by atoms with Crippen LogP contribution in [-0.2, 0) is 0 Å². The zero-order chi connectivity index (χ0) is 19.6. The van der Waals surface area contributed by atoms with Gasteiger partial charge in [-0.25, -0.2) is 14.6 Å². The first-order valence-corrected chi connectivity index (χ1v) is 9.77. The molecule has 0 aliphatic heterocycles. The third-order valence-electron chi connectivity index (χ3n) is 5.16. The molecule has 5 rings (SSSR count). The van der Waals surface area contributed by atoms with Crippen LogP contribution < -0.4 is 15.2 Å². The van der Waals surface area contributed by atoms with Gasteiger partial charge in [-0.3, -0.25) is 0 Å². The second kappa shape index (κ2) is 7.43. The molecule has 2 N–H and O–H groups in total. The van der Waals surface area contributed by atoms with E-state index >= 15 is 0 Å². The molecule has 1 fully saturated rings. The molecule has 1 saturated carbocycles. The molecule has 2 heterocycles. The number of hydrogen-bond donors (Lipinski definition) is 1. The van der Waals surface area contributed by atoms with Gasteiger partial charge in [0.15, 0.2) is 5.65 Å². The van der Waals surface area contributed by atoms with Crippen LogP contribution in [0.1, 0.15) is 31.7 Å². The van der Waals surface area contributed by atoms with Crippen molar-refractivity contribution in [2.45, 2.75) is 31.7 Å². The Balaban J connectivity index is 1.48. The number of nitrogens with two attached hydrogens (primary N) is 1. The highest BCUT2D eigenvalue weighted by molar-refractivity contribution is 5.90. The van der Waals surface area contributed by atoms with Crippen LogP contribution >= 0.6 is 0 Å². The molecule has 29 heavy (non-hydrogen) atoms. The number of rotatable bonds is 5. The maximum atomic E-state index is 6.15. The number of benzene rings is 2. The van der Waals surface area contributed by atoms with Gasteiger partial charge in [0.05, 0.1) is 6.04 Å². The monoisotopic (exact) mass is 387 g/mol. The van der Waals surface area contributed by atoms with Gasteiger partial charge in [-0.05, 0) is 37.1 Å². The van der Waals surface area contributed by atoms with E-state index in [-0.39, 0.29) is 0 Å². The summed E-state index contributed by atoms with van der Waals surface area (Å²) in [6.07, 6.45) is 6.03. The SMILES string of the molecule is Nc1ncnc2c1c(Oc1cccc(Oc3ccccc3)c1)nn2C1CCCC1. The summed E-state index contributed by atoms with van der Waals surface area (Å²) in [5, 5.41) is 5.36. The Morgan fingerprint density at radius 1 is 0.862 bits per heavy atom. The Morgan fingerprint density at radius 2 is 1.59 bits per heavy atom. The summed E-state index contributed by atoms with van der Waals surface area (Å²) >= 11 is 0. The van der Waals surface area contributed by atoms with Crippen LogP contribution in [-0.4, -0.2) is 19.7 Å². The molecule has 146 valence electrons. The van der Waals surface area contributed by atoms with E-state index in [2.05, 4.69) is 9.97 Å². The van der Waals surface area contributed by atoms with Crippen LogP contribution in [0.15, 0.2) is 60.9 Å². The normalized spacial score (nSPS) is 14.3. The molecule has 0 spiro atoms. The zero-order valence-electron chi connectivity index (χ0n) is 15.9. The second-order valence-electron chi connectivity index (χ2n) is 7.14. The molecular weight excluding hydrogens is 366 g/mol. The summed E-state index contributed by atoms with van der Waals surface area (Å²) in [6.45, 7) is 0. The number of nitrogen functional groups attached to an aromatic ring is 1. The first-order chi connectivity index (χ1) is 14.3. The molecule has 0 amide bonds. The third kappa shape index (κ3) is 3.47. The number of fused-ring (bicyclic) bond motifs is 1. The van der Waals surface area contributed by atoms with E-state index < -0.39 is 0 Å². The van der Waals surface area contributed by atoms with Crippen molar-refractivity contribution in [3.63, 3.8) is 0 Å². The largest absolute Gasteiger partial charge is 0.457 e. The van der Waals surface area contributed by atoms with Crippen molar-refractivity contribution in [2.24, 2.45) is 0 Å². The van der Waals surface area contributed by atoms with Crippen LogP contribution in [0.4, 0.5) is 5.82 Å². The summed E-state index contributed by atoms with van der Waals surface area (Å²) < 4.78 is 14.0. The quantitative estimate of drug-likeness (QED) is 0.512. The Bertz CT molecular complexity index is 1140. The molecule has 7 nitrogen and oxygen atoms in total. The van der Waals surface area contributed by atoms with E-state index in [4.69, 9.17) is 20.3 Å². The van der Waals surface area contributed by atoms with Gasteiger partial charge in [-0.1, -0.05) is 37.1 Å². The van der Waals surface area contributed by atoms with Gasteiger partial charge in [-0.15, -0.1) is 5.10 Å². The minimum atomic E-state index is 0.317. The van der Waals surface area contributed by atoms with E-state index in [1.807, 2.05) is 59.3 Å². The van der Waals surface area contributed by atoms with E-state index in [0.29, 0.717) is 34.6 Å². The van der Waals surface area contributed by atoms with Crippen molar-refractivity contribution in [3.8, 4) is 23.1 Å². The van der Waals surface area contributed by atoms with Gasteiger partial charge in [0.25, 0.3) is 5.88 Å². The van der Waals surface area contributed by atoms with E-state index in [9.17, 15) is 0 Å². The van der Waals surface area contributed by atoms with Crippen molar-refractivity contribution in [1.29, 1.82) is 0 Å². The Kier molecular flexibility index (Phi) is 4.48. The minimum absolute atomic E-state index is 0.317. The van der Waals surface area contributed by atoms with Gasteiger partial charge in [0.1, 0.15) is 34.8 Å². The van der Waals surface area contributed by atoms with Crippen molar-refractivity contribution in [3.05, 3.63) is 60.9 Å². The summed E-state index contributed by atoms with van der Waals surface area (Å²) in [6, 6.07) is 17.4. The van der Waals surface area contributed by atoms with Crippen molar-refractivity contribution in [2.75, 3.05) is 5.73 Å². The lowest BCUT2D eigenvalue weighted by Crippen LogP contribution is -2.07. The number of para-hydroxylation sites is 1.